The van der Waals surface area contributed by atoms with Gasteiger partial charge in [0.25, 0.3) is 0 Å². The van der Waals surface area contributed by atoms with Gasteiger partial charge in [0.15, 0.2) is 0 Å². The maximum atomic E-state index is 11.9. The molecule has 1 aromatic carbocycles. The zero-order valence-electron chi connectivity index (χ0n) is 11.3. The largest absolute Gasteiger partial charge is 0.397 e. The summed E-state index contributed by atoms with van der Waals surface area (Å²) < 4.78 is 4.91. The van der Waals surface area contributed by atoms with Crippen molar-refractivity contribution in [2.45, 2.75) is 12.8 Å². The lowest BCUT2D eigenvalue weighted by Gasteiger charge is -2.31. The van der Waals surface area contributed by atoms with Crippen LogP contribution in [0.15, 0.2) is 18.2 Å². The lowest BCUT2D eigenvalue weighted by Crippen LogP contribution is -2.41. The van der Waals surface area contributed by atoms with Crippen LogP contribution in [0.1, 0.15) is 12.0 Å². The Kier molecular flexibility index (Phi) is 4.63. The van der Waals surface area contributed by atoms with E-state index < -0.39 is 0 Å². The third kappa shape index (κ3) is 3.38. The van der Waals surface area contributed by atoms with Gasteiger partial charge in [-0.05, 0) is 24.5 Å². The number of para-hydroxylation sites is 1. The van der Waals surface area contributed by atoms with Crippen LogP contribution < -0.4 is 16.0 Å². The van der Waals surface area contributed by atoms with Crippen molar-refractivity contribution in [3.63, 3.8) is 0 Å². The molecule has 2 rings (SSSR count). The number of hydrogen-bond acceptors (Lipinski definition) is 4. The van der Waals surface area contributed by atoms with Crippen molar-refractivity contribution in [2.75, 3.05) is 44.0 Å². The molecule has 0 saturated heterocycles. The van der Waals surface area contributed by atoms with Gasteiger partial charge in [-0.1, -0.05) is 12.1 Å². The van der Waals surface area contributed by atoms with Crippen molar-refractivity contribution in [1.82, 2.24) is 5.32 Å². The molecule has 0 saturated carbocycles. The zero-order chi connectivity index (χ0) is 13.7. The second-order valence-corrected chi connectivity index (χ2v) is 4.72. The Labute approximate surface area is 113 Å². The lowest BCUT2D eigenvalue weighted by molar-refractivity contribution is -0.119. The quantitative estimate of drug-likeness (QED) is 0.608. The summed E-state index contributed by atoms with van der Waals surface area (Å²) in [5, 5.41) is 2.83. The average Bonchev–Trinajstić information content (AvgIpc) is 2.39. The predicted molar refractivity (Wildman–Crippen MR) is 76.3 cm³/mol. The Morgan fingerprint density at radius 3 is 3.16 bits per heavy atom. The number of nitrogens with two attached hydrogens (primary N) is 1. The van der Waals surface area contributed by atoms with Crippen LogP contribution in [0.3, 0.4) is 0 Å². The number of nitrogens with one attached hydrogen (secondary N) is 1. The second-order valence-electron chi connectivity index (χ2n) is 4.72. The summed E-state index contributed by atoms with van der Waals surface area (Å²) in [6, 6.07) is 5.94. The molecule has 0 fully saturated rings. The number of carbonyl (C=O) groups excluding carboxylic acids is 1. The van der Waals surface area contributed by atoms with Crippen LogP contribution in [0.5, 0.6) is 0 Å². The highest BCUT2D eigenvalue weighted by atomic mass is 16.5. The fourth-order valence-corrected chi connectivity index (χ4v) is 2.45. The maximum Gasteiger partial charge on any atom is 0.239 e. The van der Waals surface area contributed by atoms with E-state index in [-0.39, 0.29) is 5.91 Å². The van der Waals surface area contributed by atoms with E-state index in [0.29, 0.717) is 19.7 Å². The number of anilines is 2. The van der Waals surface area contributed by atoms with E-state index in [0.717, 1.165) is 30.8 Å². The van der Waals surface area contributed by atoms with Crippen molar-refractivity contribution < 1.29 is 9.53 Å². The summed E-state index contributed by atoms with van der Waals surface area (Å²) in [6.45, 7) is 2.30. The molecule has 0 spiro atoms. The molecule has 1 aromatic rings. The summed E-state index contributed by atoms with van der Waals surface area (Å²) in [5.41, 5.74) is 9.04. The maximum absolute atomic E-state index is 11.9. The molecule has 5 heteroatoms. The molecule has 1 amide bonds. The van der Waals surface area contributed by atoms with Crippen LogP contribution in [0.2, 0.25) is 0 Å². The van der Waals surface area contributed by atoms with Gasteiger partial charge in [0.2, 0.25) is 5.91 Å². The number of amides is 1. The van der Waals surface area contributed by atoms with Crippen molar-refractivity contribution in [3.05, 3.63) is 23.8 Å². The first kappa shape index (κ1) is 13.7. The first-order valence-electron chi connectivity index (χ1n) is 6.60. The Morgan fingerprint density at radius 1 is 1.53 bits per heavy atom. The Balaban J connectivity index is 2.01. The minimum absolute atomic E-state index is 0.00755. The number of aryl methyl sites for hydroxylation is 1. The molecule has 0 aliphatic carbocycles. The van der Waals surface area contributed by atoms with Gasteiger partial charge < -0.3 is 20.7 Å². The molecular weight excluding hydrogens is 242 g/mol. The van der Waals surface area contributed by atoms with Gasteiger partial charge in [-0.2, -0.15) is 0 Å². The van der Waals surface area contributed by atoms with Crippen molar-refractivity contribution >= 4 is 17.3 Å². The molecule has 19 heavy (non-hydrogen) atoms. The molecule has 3 N–H and O–H groups in total. The highest BCUT2D eigenvalue weighted by molar-refractivity contribution is 5.84. The van der Waals surface area contributed by atoms with E-state index in [2.05, 4.69) is 16.3 Å². The number of carbonyl (C=O) groups is 1. The molecule has 1 heterocycles. The fraction of sp³-hybridized carbons (Fsp3) is 0.500. The van der Waals surface area contributed by atoms with Gasteiger partial charge in [-0.15, -0.1) is 0 Å². The zero-order valence-corrected chi connectivity index (χ0v) is 11.3. The smallest absolute Gasteiger partial charge is 0.239 e. The molecule has 0 unspecified atom stereocenters. The molecular formula is C14H21N3O2. The minimum atomic E-state index is 0.00755. The van der Waals surface area contributed by atoms with Gasteiger partial charge in [-0.25, -0.2) is 0 Å². The van der Waals surface area contributed by atoms with E-state index in [1.807, 2.05) is 12.1 Å². The number of rotatable bonds is 5. The number of nitrogen functional groups attached to an aromatic ring is 1. The van der Waals surface area contributed by atoms with Crippen molar-refractivity contribution in [2.24, 2.45) is 0 Å². The molecule has 0 atom stereocenters. The molecule has 0 aromatic heterocycles. The summed E-state index contributed by atoms with van der Waals surface area (Å²) in [4.78, 5) is 13.9. The molecule has 0 bridgehead atoms. The van der Waals surface area contributed by atoms with Gasteiger partial charge in [0, 0.05) is 20.2 Å². The van der Waals surface area contributed by atoms with Gasteiger partial charge in [-0.3, -0.25) is 4.79 Å². The number of nitrogens with zero attached hydrogens (tertiary/aromatic N) is 1. The highest BCUT2D eigenvalue weighted by Gasteiger charge is 2.20. The number of methoxy groups -OCH3 is 1. The summed E-state index contributed by atoms with van der Waals surface area (Å²) >= 11 is 0. The second kappa shape index (κ2) is 6.43. The number of ether oxygens (including phenoxy) is 1. The highest BCUT2D eigenvalue weighted by Crippen LogP contribution is 2.32. The Hall–Kier alpha value is -1.75. The van der Waals surface area contributed by atoms with Crippen LogP contribution in [0.4, 0.5) is 11.4 Å². The predicted octanol–water partition coefficient (Wildman–Crippen LogP) is 0.784. The monoisotopic (exact) mass is 263 g/mol. The van der Waals surface area contributed by atoms with E-state index in [1.165, 1.54) is 5.56 Å². The average molecular weight is 263 g/mol. The minimum Gasteiger partial charge on any atom is -0.397 e. The molecule has 1 aliphatic heterocycles. The van der Waals surface area contributed by atoms with E-state index >= 15 is 0 Å². The Bertz CT molecular complexity index is 448. The third-order valence-electron chi connectivity index (χ3n) is 3.30. The van der Waals surface area contributed by atoms with Gasteiger partial charge in [0.05, 0.1) is 24.5 Å². The van der Waals surface area contributed by atoms with E-state index in [1.54, 1.807) is 7.11 Å². The summed E-state index contributed by atoms with van der Waals surface area (Å²) in [5.74, 6) is 0.00755. The van der Waals surface area contributed by atoms with Gasteiger partial charge >= 0.3 is 0 Å². The van der Waals surface area contributed by atoms with Crippen molar-refractivity contribution in [3.8, 4) is 0 Å². The summed E-state index contributed by atoms with van der Waals surface area (Å²) in [7, 11) is 1.62. The third-order valence-corrected chi connectivity index (χ3v) is 3.30. The van der Waals surface area contributed by atoms with Gasteiger partial charge in [0.1, 0.15) is 0 Å². The van der Waals surface area contributed by atoms with Crippen LogP contribution in [0, 0.1) is 0 Å². The number of hydrogen-bond donors (Lipinski definition) is 2. The normalized spacial score (nSPS) is 14.1. The fourth-order valence-electron chi connectivity index (χ4n) is 2.45. The lowest BCUT2D eigenvalue weighted by atomic mass is 10.0. The standard InChI is InChI=1S/C14H21N3O2/c1-19-9-7-16-13(18)10-17-8-3-5-11-4-2-6-12(15)14(11)17/h2,4,6H,3,5,7-10,15H2,1H3,(H,16,18). The Morgan fingerprint density at radius 2 is 2.37 bits per heavy atom. The first-order chi connectivity index (χ1) is 9.22. The number of fused-ring (bicyclic) bond motifs is 1. The van der Waals surface area contributed by atoms with Crippen molar-refractivity contribution in [1.29, 1.82) is 0 Å². The van der Waals surface area contributed by atoms with Crippen LogP contribution >= 0.6 is 0 Å². The van der Waals surface area contributed by atoms with E-state index in [9.17, 15) is 4.79 Å². The number of benzene rings is 1. The SMILES string of the molecule is COCCNC(=O)CN1CCCc2cccc(N)c21. The first-order valence-corrected chi connectivity index (χ1v) is 6.60. The summed E-state index contributed by atoms with van der Waals surface area (Å²) in [6.07, 6.45) is 2.09. The molecule has 1 aliphatic rings. The molecule has 104 valence electrons. The topological polar surface area (TPSA) is 67.6 Å². The molecule has 5 nitrogen and oxygen atoms in total. The van der Waals surface area contributed by atoms with Crippen LogP contribution in [-0.2, 0) is 16.0 Å². The van der Waals surface area contributed by atoms with Crippen LogP contribution in [0.25, 0.3) is 0 Å². The van der Waals surface area contributed by atoms with E-state index in [4.69, 9.17) is 10.5 Å². The molecule has 0 radical (unpaired) electrons. The van der Waals surface area contributed by atoms with Crippen LogP contribution in [-0.4, -0.2) is 39.3 Å².